The highest BCUT2D eigenvalue weighted by atomic mass is 16.4. The van der Waals surface area contributed by atoms with Crippen LogP contribution in [0.4, 0.5) is 0 Å². The van der Waals surface area contributed by atoms with Gasteiger partial charge in [-0.2, -0.15) is 0 Å². The van der Waals surface area contributed by atoms with E-state index in [1.54, 1.807) is 11.8 Å². The van der Waals surface area contributed by atoms with Gasteiger partial charge in [0.15, 0.2) is 5.76 Å². The minimum absolute atomic E-state index is 0.0688. The van der Waals surface area contributed by atoms with Crippen LogP contribution in [0.5, 0.6) is 0 Å². The van der Waals surface area contributed by atoms with Crippen LogP contribution < -0.4 is 0 Å². The molecule has 1 aliphatic heterocycles. The molecule has 0 unspecified atom stereocenters. The van der Waals surface area contributed by atoms with Gasteiger partial charge in [0, 0.05) is 25.6 Å². The standard InChI is InChI=1S/C21H23NO4/c1-4-18-17(21(24)25)12-19(26-18)20(23)22-7-5-15(6-8-22)16-10-13(2)9-14(3)11-16/h5,9-12H,4,6-8H2,1-3H3,(H,24,25). The number of carbonyl (C=O) groups is 2. The predicted molar refractivity (Wildman–Crippen MR) is 99.5 cm³/mol. The summed E-state index contributed by atoms with van der Waals surface area (Å²) in [6, 6.07) is 7.81. The van der Waals surface area contributed by atoms with Gasteiger partial charge < -0.3 is 14.4 Å². The van der Waals surface area contributed by atoms with E-state index < -0.39 is 5.97 Å². The van der Waals surface area contributed by atoms with E-state index in [4.69, 9.17) is 4.42 Å². The van der Waals surface area contributed by atoms with Gasteiger partial charge in [-0.3, -0.25) is 4.79 Å². The van der Waals surface area contributed by atoms with Crippen molar-refractivity contribution in [1.82, 2.24) is 4.90 Å². The topological polar surface area (TPSA) is 70.8 Å². The summed E-state index contributed by atoms with van der Waals surface area (Å²) in [5, 5.41) is 9.21. The maximum absolute atomic E-state index is 12.7. The molecule has 1 aromatic carbocycles. The predicted octanol–water partition coefficient (Wildman–Crippen LogP) is 4.09. The molecule has 1 N–H and O–H groups in total. The average Bonchev–Trinajstić information content (AvgIpc) is 3.05. The van der Waals surface area contributed by atoms with Crippen molar-refractivity contribution in [1.29, 1.82) is 0 Å². The molecule has 0 radical (unpaired) electrons. The van der Waals surface area contributed by atoms with Crippen molar-refractivity contribution in [3.8, 4) is 0 Å². The third kappa shape index (κ3) is 3.57. The first-order valence-corrected chi connectivity index (χ1v) is 8.82. The maximum atomic E-state index is 12.7. The number of furan rings is 1. The van der Waals surface area contributed by atoms with E-state index in [2.05, 4.69) is 38.1 Å². The van der Waals surface area contributed by atoms with Crippen LogP contribution in [0.15, 0.2) is 34.8 Å². The molecule has 0 aliphatic carbocycles. The first-order chi connectivity index (χ1) is 12.4. The van der Waals surface area contributed by atoms with Crippen molar-refractivity contribution in [3.63, 3.8) is 0 Å². The van der Waals surface area contributed by atoms with Gasteiger partial charge >= 0.3 is 5.97 Å². The van der Waals surface area contributed by atoms with Crippen molar-refractivity contribution in [2.24, 2.45) is 0 Å². The van der Waals surface area contributed by atoms with Crippen molar-refractivity contribution < 1.29 is 19.1 Å². The molecule has 2 heterocycles. The van der Waals surface area contributed by atoms with Gasteiger partial charge in [0.1, 0.15) is 11.3 Å². The molecule has 2 aromatic rings. The van der Waals surface area contributed by atoms with Crippen molar-refractivity contribution in [3.05, 3.63) is 64.1 Å². The second kappa shape index (κ2) is 7.20. The fourth-order valence-corrected chi connectivity index (χ4v) is 3.41. The van der Waals surface area contributed by atoms with Gasteiger partial charge in [-0.15, -0.1) is 0 Å². The van der Waals surface area contributed by atoms with E-state index in [1.165, 1.54) is 28.3 Å². The fourth-order valence-electron chi connectivity index (χ4n) is 3.41. The zero-order chi connectivity index (χ0) is 18.8. The SMILES string of the molecule is CCc1oc(C(=O)N2CC=C(c3cc(C)cc(C)c3)CC2)cc1C(=O)O. The number of aryl methyl sites for hydroxylation is 3. The Morgan fingerprint density at radius 2 is 1.85 bits per heavy atom. The molecule has 136 valence electrons. The summed E-state index contributed by atoms with van der Waals surface area (Å²) in [7, 11) is 0. The zero-order valence-electron chi connectivity index (χ0n) is 15.3. The molecule has 26 heavy (non-hydrogen) atoms. The van der Waals surface area contributed by atoms with E-state index in [9.17, 15) is 14.7 Å². The first kappa shape index (κ1) is 18.0. The van der Waals surface area contributed by atoms with Gasteiger partial charge in [0.05, 0.1) is 0 Å². The number of carboxylic acids is 1. The third-order valence-electron chi connectivity index (χ3n) is 4.66. The van der Waals surface area contributed by atoms with Crippen LogP contribution in [-0.4, -0.2) is 35.0 Å². The summed E-state index contributed by atoms with van der Waals surface area (Å²) in [6.07, 6.45) is 3.27. The fraction of sp³-hybridized carbons (Fsp3) is 0.333. The summed E-state index contributed by atoms with van der Waals surface area (Å²) in [6.45, 7) is 7.04. The Kier molecular flexibility index (Phi) is 4.98. The van der Waals surface area contributed by atoms with E-state index in [1.807, 2.05) is 0 Å². The Morgan fingerprint density at radius 3 is 2.35 bits per heavy atom. The van der Waals surface area contributed by atoms with Crippen LogP contribution in [0.25, 0.3) is 5.57 Å². The van der Waals surface area contributed by atoms with Crippen LogP contribution in [0, 0.1) is 13.8 Å². The van der Waals surface area contributed by atoms with Crippen molar-refractivity contribution in [2.45, 2.75) is 33.6 Å². The first-order valence-electron chi connectivity index (χ1n) is 8.82. The van der Waals surface area contributed by atoms with Gasteiger partial charge in [0.25, 0.3) is 5.91 Å². The average molecular weight is 353 g/mol. The van der Waals surface area contributed by atoms with E-state index in [0.717, 1.165) is 6.42 Å². The van der Waals surface area contributed by atoms with E-state index in [0.29, 0.717) is 25.3 Å². The smallest absolute Gasteiger partial charge is 0.339 e. The molecule has 1 aliphatic rings. The number of hydrogen-bond acceptors (Lipinski definition) is 3. The maximum Gasteiger partial charge on any atom is 0.339 e. The Labute approximate surface area is 152 Å². The molecule has 3 rings (SSSR count). The van der Waals surface area contributed by atoms with Gasteiger partial charge in [-0.1, -0.05) is 42.3 Å². The number of amides is 1. The lowest BCUT2D eigenvalue weighted by molar-refractivity contribution is 0.0692. The normalized spacial score (nSPS) is 14.3. The molecule has 0 fully saturated rings. The summed E-state index contributed by atoms with van der Waals surface area (Å²) in [4.78, 5) is 25.6. The Bertz CT molecular complexity index is 871. The number of rotatable bonds is 4. The van der Waals surface area contributed by atoms with Crippen LogP contribution in [0.3, 0.4) is 0 Å². The van der Waals surface area contributed by atoms with Crippen LogP contribution in [0.1, 0.15) is 56.7 Å². The van der Waals surface area contributed by atoms with Crippen LogP contribution in [-0.2, 0) is 6.42 Å². The van der Waals surface area contributed by atoms with Gasteiger partial charge in [-0.25, -0.2) is 4.79 Å². The minimum atomic E-state index is -1.07. The molecule has 1 aromatic heterocycles. The Balaban J connectivity index is 1.78. The molecule has 0 bridgehead atoms. The summed E-state index contributed by atoms with van der Waals surface area (Å²) in [5.74, 6) is -0.893. The summed E-state index contributed by atoms with van der Waals surface area (Å²) < 4.78 is 5.49. The number of benzene rings is 1. The van der Waals surface area contributed by atoms with E-state index >= 15 is 0 Å². The second-order valence-corrected chi connectivity index (χ2v) is 6.71. The largest absolute Gasteiger partial charge is 0.478 e. The lowest BCUT2D eigenvalue weighted by Crippen LogP contribution is -2.34. The van der Waals surface area contributed by atoms with E-state index in [-0.39, 0.29) is 17.2 Å². The highest BCUT2D eigenvalue weighted by molar-refractivity contribution is 5.96. The Hall–Kier alpha value is -2.82. The minimum Gasteiger partial charge on any atom is -0.478 e. The Morgan fingerprint density at radius 1 is 1.15 bits per heavy atom. The lowest BCUT2D eigenvalue weighted by atomic mass is 9.96. The molecular formula is C21H23NO4. The van der Waals surface area contributed by atoms with Crippen LogP contribution in [0.2, 0.25) is 0 Å². The molecule has 5 nitrogen and oxygen atoms in total. The highest BCUT2D eigenvalue weighted by Gasteiger charge is 2.25. The van der Waals surface area contributed by atoms with Crippen molar-refractivity contribution >= 4 is 17.4 Å². The summed E-state index contributed by atoms with van der Waals surface area (Å²) in [5.41, 5.74) is 4.96. The highest BCUT2D eigenvalue weighted by Crippen LogP contribution is 2.26. The molecule has 0 atom stereocenters. The molecule has 0 saturated heterocycles. The monoisotopic (exact) mass is 353 g/mol. The third-order valence-corrected chi connectivity index (χ3v) is 4.66. The number of carboxylic acid groups (broad SMARTS) is 1. The molecule has 1 amide bonds. The summed E-state index contributed by atoms with van der Waals surface area (Å²) >= 11 is 0. The second-order valence-electron chi connectivity index (χ2n) is 6.71. The van der Waals surface area contributed by atoms with Gasteiger partial charge in [0.2, 0.25) is 0 Å². The van der Waals surface area contributed by atoms with Crippen LogP contribution >= 0.6 is 0 Å². The quantitative estimate of drug-likeness (QED) is 0.899. The zero-order valence-corrected chi connectivity index (χ0v) is 15.3. The number of nitrogens with zero attached hydrogens (tertiary/aromatic N) is 1. The van der Waals surface area contributed by atoms with Gasteiger partial charge in [-0.05, 0) is 31.4 Å². The number of carbonyl (C=O) groups excluding carboxylic acids is 1. The van der Waals surface area contributed by atoms with Crippen molar-refractivity contribution in [2.75, 3.05) is 13.1 Å². The lowest BCUT2D eigenvalue weighted by Gasteiger charge is -2.26. The molecule has 0 saturated carbocycles. The number of hydrogen-bond donors (Lipinski definition) is 1. The molecule has 0 spiro atoms. The number of aromatic carboxylic acids is 1. The molecule has 5 heteroatoms. The molecular weight excluding hydrogens is 330 g/mol.